The van der Waals surface area contributed by atoms with Crippen molar-refractivity contribution in [3.63, 3.8) is 0 Å². The maximum absolute atomic E-state index is 12.7. The molecule has 0 heterocycles. The number of hydrogen-bond donors (Lipinski definition) is 3. The van der Waals surface area contributed by atoms with Crippen molar-refractivity contribution in [3.05, 3.63) is 29.8 Å². The minimum Gasteiger partial charge on any atom is -0.326 e. The van der Waals surface area contributed by atoms with Crippen molar-refractivity contribution >= 4 is 11.7 Å². The molecule has 0 bridgehead atoms. The van der Waals surface area contributed by atoms with Gasteiger partial charge in [-0.25, -0.2) is 4.79 Å². The maximum atomic E-state index is 12.7. The van der Waals surface area contributed by atoms with E-state index in [1.165, 1.54) is 0 Å². The van der Waals surface area contributed by atoms with Crippen LogP contribution in [0.1, 0.15) is 18.4 Å². The SMILES string of the molecule is NCc1cccc(NC(=O)NC2(C(F)(F)F)CC2)c1. The number of nitrogens with one attached hydrogen (secondary N) is 2. The largest absolute Gasteiger partial charge is 0.411 e. The summed E-state index contributed by atoms with van der Waals surface area (Å²) in [4.78, 5) is 11.6. The zero-order valence-corrected chi connectivity index (χ0v) is 10.1. The molecule has 1 aromatic rings. The number of halogens is 3. The molecular weight excluding hydrogens is 259 g/mol. The lowest BCUT2D eigenvalue weighted by Crippen LogP contribution is -2.49. The fraction of sp³-hybridized carbons (Fsp3) is 0.417. The molecule has 1 aromatic carbocycles. The van der Waals surface area contributed by atoms with E-state index in [4.69, 9.17) is 5.73 Å². The Balaban J connectivity index is 1.98. The van der Waals surface area contributed by atoms with Crippen molar-refractivity contribution in [1.82, 2.24) is 5.32 Å². The van der Waals surface area contributed by atoms with Crippen LogP contribution in [-0.4, -0.2) is 17.7 Å². The fourth-order valence-electron chi connectivity index (χ4n) is 1.76. The molecular formula is C12H14F3N3O. The molecule has 0 radical (unpaired) electrons. The van der Waals surface area contributed by atoms with E-state index in [1.54, 1.807) is 24.3 Å². The third kappa shape index (κ3) is 2.98. The van der Waals surface area contributed by atoms with Gasteiger partial charge in [0.1, 0.15) is 5.54 Å². The lowest BCUT2D eigenvalue weighted by molar-refractivity contribution is -0.162. The lowest BCUT2D eigenvalue weighted by atomic mass is 10.2. The van der Waals surface area contributed by atoms with Crippen molar-refractivity contribution in [3.8, 4) is 0 Å². The molecule has 2 rings (SSSR count). The molecule has 1 aliphatic carbocycles. The second-order valence-corrected chi connectivity index (χ2v) is 4.56. The van der Waals surface area contributed by atoms with Gasteiger partial charge in [0.05, 0.1) is 0 Å². The molecule has 0 spiro atoms. The van der Waals surface area contributed by atoms with Crippen molar-refractivity contribution in [2.75, 3.05) is 5.32 Å². The first kappa shape index (κ1) is 13.7. The third-order valence-electron chi connectivity index (χ3n) is 3.07. The van der Waals surface area contributed by atoms with Crippen molar-refractivity contribution < 1.29 is 18.0 Å². The van der Waals surface area contributed by atoms with Crippen molar-refractivity contribution in [1.29, 1.82) is 0 Å². The van der Waals surface area contributed by atoms with Crippen LogP contribution in [0.5, 0.6) is 0 Å². The summed E-state index contributed by atoms with van der Waals surface area (Å²) in [6.07, 6.45) is -4.57. The van der Waals surface area contributed by atoms with E-state index in [1.807, 2.05) is 5.32 Å². The third-order valence-corrected chi connectivity index (χ3v) is 3.07. The number of urea groups is 1. The Morgan fingerprint density at radius 2 is 2.05 bits per heavy atom. The first-order chi connectivity index (χ1) is 8.86. The van der Waals surface area contributed by atoms with Crippen LogP contribution in [-0.2, 0) is 6.54 Å². The first-order valence-electron chi connectivity index (χ1n) is 5.81. The van der Waals surface area contributed by atoms with Crippen LogP contribution in [0.4, 0.5) is 23.7 Å². The molecule has 0 atom stereocenters. The summed E-state index contributed by atoms with van der Waals surface area (Å²) in [6.45, 7) is 0.295. The standard InChI is InChI=1S/C12H14F3N3O/c13-12(14,15)11(4-5-11)18-10(19)17-9-3-1-2-8(6-9)7-16/h1-3,6H,4-5,7,16H2,(H2,17,18,19). The van der Waals surface area contributed by atoms with Crippen molar-refractivity contribution in [2.45, 2.75) is 31.1 Å². The summed E-state index contributed by atoms with van der Waals surface area (Å²) in [5.74, 6) is 0. The van der Waals surface area contributed by atoms with Gasteiger partial charge in [0.15, 0.2) is 0 Å². The number of amides is 2. The molecule has 104 valence electrons. The van der Waals surface area contributed by atoms with E-state index >= 15 is 0 Å². The lowest BCUT2D eigenvalue weighted by Gasteiger charge is -2.21. The summed E-state index contributed by atoms with van der Waals surface area (Å²) < 4.78 is 38.0. The van der Waals surface area contributed by atoms with Gasteiger partial charge in [0, 0.05) is 12.2 Å². The van der Waals surface area contributed by atoms with Crippen LogP contribution >= 0.6 is 0 Å². The van der Waals surface area contributed by atoms with Crippen LogP contribution in [0.15, 0.2) is 24.3 Å². The number of carbonyl (C=O) groups excluding carboxylic acids is 1. The molecule has 7 heteroatoms. The zero-order valence-electron chi connectivity index (χ0n) is 10.1. The number of rotatable bonds is 3. The highest BCUT2D eigenvalue weighted by Gasteiger charge is 2.64. The smallest absolute Gasteiger partial charge is 0.326 e. The van der Waals surface area contributed by atoms with Crippen LogP contribution in [0.3, 0.4) is 0 Å². The minimum atomic E-state index is -4.41. The van der Waals surface area contributed by atoms with Gasteiger partial charge in [-0.15, -0.1) is 0 Å². The van der Waals surface area contributed by atoms with E-state index in [9.17, 15) is 18.0 Å². The number of carbonyl (C=O) groups is 1. The first-order valence-corrected chi connectivity index (χ1v) is 5.81. The Labute approximate surface area is 108 Å². The van der Waals surface area contributed by atoms with Crippen LogP contribution < -0.4 is 16.4 Å². The second kappa shape index (κ2) is 4.73. The van der Waals surface area contributed by atoms with E-state index in [0.717, 1.165) is 5.56 Å². The summed E-state index contributed by atoms with van der Waals surface area (Å²) in [5, 5.41) is 4.37. The Hall–Kier alpha value is -1.76. The molecule has 0 aliphatic heterocycles. The van der Waals surface area contributed by atoms with E-state index < -0.39 is 17.7 Å². The molecule has 0 unspecified atom stereocenters. The van der Waals surface area contributed by atoms with Gasteiger partial charge in [-0.1, -0.05) is 12.1 Å². The van der Waals surface area contributed by atoms with Gasteiger partial charge < -0.3 is 16.4 Å². The molecule has 19 heavy (non-hydrogen) atoms. The van der Waals surface area contributed by atoms with E-state index in [2.05, 4.69) is 5.32 Å². The quantitative estimate of drug-likeness (QED) is 0.791. The van der Waals surface area contributed by atoms with Gasteiger partial charge in [0.2, 0.25) is 0 Å². The number of benzene rings is 1. The zero-order chi connectivity index (χ0) is 14.1. The Morgan fingerprint density at radius 1 is 1.37 bits per heavy atom. The normalized spacial score (nSPS) is 16.8. The highest BCUT2D eigenvalue weighted by molar-refractivity contribution is 5.90. The van der Waals surface area contributed by atoms with Crippen LogP contribution in [0, 0.1) is 0 Å². The molecule has 4 N–H and O–H groups in total. The van der Waals surface area contributed by atoms with Gasteiger partial charge >= 0.3 is 12.2 Å². The monoisotopic (exact) mass is 273 g/mol. The summed E-state index contributed by atoms with van der Waals surface area (Å²) in [7, 11) is 0. The van der Waals surface area contributed by atoms with Gasteiger partial charge in [-0.05, 0) is 30.5 Å². The Morgan fingerprint density at radius 3 is 2.58 bits per heavy atom. The topological polar surface area (TPSA) is 67.1 Å². The van der Waals surface area contributed by atoms with Gasteiger partial charge in [0.25, 0.3) is 0 Å². The molecule has 0 aromatic heterocycles. The average molecular weight is 273 g/mol. The average Bonchev–Trinajstić information content (AvgIpc) is 3.09. The Kier molecular flexibility index (Phi) is 3.40. The molecule has 1 aliphatic rings. The highest BCUT2D eigenvalue weighted by Crippen LogP contribution is 2.48. The number of nitrogens with two attached hydrogens (primary N) is 1. The summed E-state index contributed by atoms with van der Waals surface area (Å²) in [5.41, 5.74) is 4.59. The maximum Gasteiger partial charge on any atom is 0.411 e. The fourth-order valence-corrected chi connectivity index (χ4v) is 1.76. The molecule has 2 amide bonds. The predicted molar refractivity (Wildman–Crippen MR) is 64.5 cm³/mol. The molecule has 1 fully saturated rings. The molecule has 4 nitrogen and oxygen atoms in total. The van der Waals surface area contributed by atoms with Crippen molar-refractivity contribution in [2.24, 2.45) is 5.73 Å². The number of hydrogen-bond acceptors (Lipinski definition) is 2. The summed E-state index contributed by atoms with van der Waals surface area (Å²) in [6, 6.07) is 5.79. The molecule has 1 saturated carbocycles. The second-order valence-electron chi connectivity index (χ2n) is 4.56. The highest BCUT2D eigenvalue weighted by atomic mass is 19.4. The molecule has 0 saturated heterocycles. The van der Waals surface area contributed by atoms with Crippen LogP contribution in [0.2, 0.25) is 0 Å². The van der Waals surface area contributed by atoms with E-state index in [0.29, 0.717) is 12.2 Å². The van der Waals surface area contributed by atoms with Gasteiger partial charge in [-0.2, -0.15) is 13.2 Å². The predicted octanol–water partition coefficient (Wildman–Crippen LogP) is 2.36. The van der Waals surface area contributed by atoms with E-state index in [-0.39, 0.29) is 12.8 Å². The summed E-state index contributed by atoms with van der Waals surface area (Å²) >= 11 is 0. The number of alkyl halides is 3. The van der Waals surface area contributed by atoms with Gasteiger partial charge in [-0.3, -0.25) is 0 Å². The van der Waals surface area contributed by atoms with Crippen LogP contribution in [0.25, 0.3) is 0 Å². The Bertz CT molecular complexity index is 483. The number of anilines is 1. The minimum absolute atomic E-state index is 0.0766.